The van der Waals surface area contributed by atoms with Crippen LogP contribution in [0.25, 0.3) is 0 Å². The molecular formula is C40H39ClO2P2. The Kier molecular flexibility index (Phi) is 9.43. The van der Waals surface area contributed by atoms with Crippen molar-refractivity contribution in [2.24, 2.45) is 0 Å². The first-order valence-corrected chi connectivity index (χ1v) is 21.1. The number of hydrogen-bond donors (Lipinski definition) is 0. The summed E-state index contributed by atoms with van der Waals surface area (Å²) in [5.41, 5.74) is 0. The monoisotopic (exact) mass is 648 g/mol. The zero-order valence-electron chi connectivity index (χ0n) is 25.9. The van der Waals surface area contributed by atoms with Crippen LogP contribution >= 0.6 is 24.0 Å². The standard InChI is InChI=1S/C21H21O2P.C19H18ClP/c1-18(22)23-24(2,19-12-6-3-7-13-19,20-14-8-4-9-15-20)21-16-10-5-11-17-21;1-21(20,17-11-5-2-6-12-17,18-13-7-3-8-14-18)19-15-9-4-10-16-19/h3-17H,1-2H3;2-16H,1H3. The molecule has 228 valence electrons. The first-order valence-electron chi connectivity index (χ1n) is 15.0. The van der Waals surface area contributed by atoms with Gasteiger partial charge in [0.05, 0.1) is 0 Å². The molecule has 6 rings (SSSR count). The second kappa shape index (κ2) is 13.1. The minimum atomic E-state index is -3.35. The number of carbonyl (C=O) groups is 1. The van der Waals surface area contributed by atoms with Crippen LogP contribution in [0.15, 0.2) is 182 Å². The fourth-order valence-electron chi connectivity index (χ4n) is 6.08. The average Bonchev–Trinajstić information content (AvgIpc) is 3.11. The summed E-state index contributed by atoms with van der Waals surface area (Å²) >= 11 is 7.50. The van der Waals surface area contributed by atoms with Crippen molar-refractivity contribution < 1.29 is 9.32 Å². The molecule has 0 unspecified atom stereocenters. The van der Waals surface area contributed by atoms with Crippen LogP contribution in [0.3, 0.4) is 0 Å². The number of benzene rings is 6. The van der Waals surface area contributed by atoms with E-state index in [1.165, 1.54) is 22.8 Å². The van der Waals surface area contributed by atoms with E-state index in [2.05, 4.69) is 123 Å². The van der Waals surface area contributed by atoms with E-state index in [4.69, 9.17) is 15.8 Å². The molecule has 0 spiro atoms. The van der Waals surface area contributed by atoms with E-state index in [0.29, 0.717) is 0 Å². The third-order valence-corrected chi connectivity index (χ3v) is 20.3. The van der Waals surface area contributed by atoms with Gasteiger partial charge in [-0.3, -0.25) is 0 Å². The fraction of sp³-hybridized carbons (Fsp3) is 0.0750. The van der Waals surface area contributed by atoms with Crippen LogP contribution in [0, 0.1) is 0 Å². The van der Waals surface area contributed by atoms with Crippen molar-refractivity contribution in [3.8, 4) is 0 Å². The Balaban J connectivity index is 0.000000179. The number of carbonyl (C=O) groups excluding carboxylic acids is 1. The third kappa shape index (κ3) is 5.99. The maximum absolute atomic E-state index is 12.2. The Morgan fingerprint density at radius 2 is 0.622 bits per heavy atom. The molecule has 6 aromatic carbocycles. The molecule has 0 bridgehead atoms. The van der Waals surface area contributed by atoms with Crippen LogP contribution in [-0.2, 0) is 9.32 Å². The van der Waals surface area contributed by atoms with E-state index in [1.807, 2.05) is 72.8 Å². The van der Waals surface area contributed by atoms with Crippen molar-refractivity contribution in [1.82, 2.24) is 0 Å². The van der Waals surface area contributed by atoms with Gasteiger partial charge in [0, 0.05) is 0 Å². The molecule has 0 heterocycles. The number of rotatable bonds is 7. The van der Waals surface area contributed by atoms with E-state index in [9.17, 15) is 4.79 Å². The molecular weight excluding hydrogens is 610 g/mol. The van der Waals surface area contributed by atoms with Crippen molar-refractivity contribution in [3.05, 3.63) is 182 Å². The van der Waals surface area contributed by atoms with E-state index >= 15 is 0 Å². The summed E-state index contributed by atoms with van der Waals surface area (Å²) in [6.07, 6.45) is 0. The van der Waals surface area contributed by atoms with Gasteiger partial charge >= 0.3 is 273 Å². The van der Waals surface area contributed by atoms with E-state index in [-0.39, 0.29) is 5.97 Å². The molecule has 2 nitrogen and oxygen atoms in total. The topological polar surface area (TPSA) is 26.3 Å². The van der Waals surface area contributed by atoms with Crippen molar-refractivity contribution in [1.29, 1.82) is 0 Å². The minimum absolute atomic E-state index is 0.272. The summed E-state index contributed by atoms with van der Waals surface area (Å²) in [5.74, 6) is -3.17. The predicted molar refractivity (Wildman–Crippen MR) is 200 cm³/mol. The van der Waals surface area contributed by atoms with Crippen LogP contribution in [0.1, 0.15) is 6.92 Å². The summed E-state index contributed by atoms with van der Waals surface area (Å²) in [7, 11) is 0. The van der Waals surface area contributed by atoms with Crippen LogP contribution < -0.4 is 31.8 Å². The zero-order valence-corrected chi connectivity index (χ0v) is 28.5. The van der Waals surface area contributed by atoms with Crippen LogP contribution in [0.4, 0.5) is 0 Å². The summed E-state index contributed by atoms with van der Waals surface area (Å²) in [4.78, 5) is 12.2. The summed E-state index contributed by atoms with van der Waals surface area (Å²) < 4.78 is 6.28. The van der Waals surface area contributed by atoms with Crippen LogP contribution in [-0.4, -0.2) is 19.3 Å². The molecule has 0 saturated heterocycles. The SMILES string of the molecule is CC(=O)OP(C)(c1ccccc1)(c1ccccc1)c1ccccc1.CP(Cl)(c1ccccc1)(c1ccccc1)c1ccccc1. The van der Waals surface area contributed by atoms with Gasteiger partial charge in [0.2, 0.25) is 0 Å². The molecule has 0 N–H and O–H groups in total. The van der Waals surface area contributed by atoms with Crippen molar-refractivity contribution in [3.63, 3.8) is 0 Å². The maximum atomic E-state index is 12.2. The average molecular weight is 649 g/mol. The van der Waals surface area contributed by atoms with Gasteiger partial charge in [-0.25, -0.2) is 0 Å². The molecule has 0 fully saturated rings. The molecule has 0 radical (unpaired) electrons. The Hall–Kier alpha value is -4.06. The molecule has 0 amide bonds. The fourth-order valence-corrected chi connectivity index (χ4v) is 15.2. The van der Waals surface area contributed by atoms with Crippen LogP contribution in [0.2, 0.25) is 0 Å². The van der Waals surface area contributed by atoms with Gasteiger partial charge in [-0.2, -0.15) is 0 Å². The van der Waals surface area contributed by atoms with Gasteiger partial charge < -0.3 is 0 Å². The molecule has 0 aromatic heterocycles. The number of halogens is 1. The summed E-state index contributed by atoms with van der Waals surface area (Å²) in [6.45, 7) is 2.46. The third-order valence-electron chi connectivity index (χ3n) is 8.60. The Morgan fingerprint density at radius 3 is 0.822 bits per heavy atom. The molecule has 6 aromatic rings. The summed E-state index contributed by atoms with van der Waals surface area (Å²) in [6, 6.07) is 61.6. The van der Waals surface area contributed by atoms with E-state index < -0.39 is 12.8 Å². The first kappa shape index (κ1) is 32.3. The molecule has 5 heteroatoms. The van der Waals surface area contributed by atoms with Gasteiger partial charge in [-0.05, 0) is 0 Å². The quantitative estimate of drug-likeness (QED) is 0.164. The Bertz CT molecular complexity index is 1630. The van der Waals surface area contributed by atoms with Crippen LogP contribution in [0.5, 0.6) is 0 Å². The first-order chi connectivity index (χ1) is 21.7. The number of hydrogen-bond acceptors (Lipinski definition) is 2. The van der Waals surface area contributed by atoms with Crippen molar-refractivity contribution >= 4 is 61.8 Å². The van der Waals surface area contributed by atoms with Crippen molar-refractivity contribution in [2.75, 3.05) is 13.3 Å². The Labute approximate surface area is 272 Å². The Morgan fingerprint density at radius 1 is 0.422 bits per heavy atom. The molecule has 0 aliphatic carbocycles. The zero-order chi connectivity index (χ0) is 31.9. The molecule has 0 saturated carbocycles. The molecule has 0 aliphatic rings. The normalized spacial score (nSPS) is 13.1. The van der Waals surface area contributed by atoms with Gasteiger partial charge in [0.1, 0.15) is 0 Å². The van der Waals surface area contributed by atoms with E-state index in [1.54, 1.807) is 0 Å². The van der Waals surface area contributed by atoms with Gasteiger partial charge in [0.15, 0.2) is 0 Å². The molecule has 0 aliphatic heterocycles. The van der Waals surface area contributed by atoms with Gasteiger partial charge in [-0.15, -0.1) is 0 Å². The van der Waals surface area contributed by atoms with Crippen molar-refractivity contribution in [2.45, 2.75) is 6.92 Å². The van der Waals surface area contributed by atoms with Gasteiger partial charge in [0.25, 0.3) is 0 Å². The predicted octanol–water partition coefficient (Wildman–Crippen LogP) is 7.92. The molecule has 45 heavy (non-hydrogen) atoms. The second-order valence-electron chi connectivity index (χ2n) is 11.5. The molecule has 0 atom stereocenters. The van der Waals surface area contributed by atoms with E-state index in [0.717, 1.165) is 15.9 Å². The van der Waals surface area contributed by atoms with Gasteiger partial charge in [-0.1, -0.05) is 0 Å². The summed E-state index contributed by atoms with van der Waals surface area (Å²) in [5, 5.41) is 6.70. The second-order valence-corrected chi connectivity index (χ2v) is 23.1.